The number of primary amides is 1. The molecular formula is C28H31N5O2. The zero-order chi connectivity index (χ0) is 24.5. The number of amides is 2. The van der Waals surface area contributed by atoms with E-state index in [-0.39, 0.29) is 11.6 Å². The van der Waals surface area contributed by atoms with Gasteiger partial charge < -0.3 is 15.6 Å². The van der Waals surface area contributed by atoms with Gasteiger partial charge in [0.15, 0.2) is 0 Å². The molecule has 5 rings (SSSR count). The Hall–Kier alpha value is -3.74. The van der Waals surface area contributed by atoms with E-state index in [0.29, 0.717) is 11.6 Å². The molecule has 1 fully saturated rings. The number of carbonyl (C=O) groups is 2. The monoisotopic (exact) mass is 469 g/mol. The Labute approximate surface area is 204 Å². The molecule has 2 amide bonds. The van der Waals surface area contributed by atoms with Gasteiger partial charge in [-0.25, -0.2) is 9.97 Å². The first-order valence-corrected chi connectivity index (χ1v) is 12.4. The van der Waals surface area contributed by atoms with Crippen molar-refractivity contribution in [2.75, 3.05) is 0 Å². The van der Waals surface area contributed by atoms with Crippen LogP contribution in [0.3, 0.4) is 0 Å². The summed E-state index contributed by atoms with van der Waals surface area (Å²) in [6.45, 7) is 3.68. The molecule has 7 nitrogen and oxygen atoms in total. The predicted molar refractivity (Wildman–Crippen MR) is 138 cm³/mol. The average molecular weight is 470 g/mol. The lowest BCUT2D eigenvalue weighted by molar-refractivity contribution is -0.120. The number of imidazole rings is 1. The second-order valence-corrected chi connectivity index (χ2v) is 9.79. The number of nitrogens with zero attached hydrogens (tertiary/aromatic N) is 3. The van der Waals surface area contributed by atoms with Gasteiger partial charge in [0.2, 0.25) is 5.91 Å². The number of nitrogens with one attached hydrogen (secondary N) is 1. The number of benzene rings is 2. The van der Waals surface area contributed by atoms with E-state index in [1.54, 1.807) is 6.07 Å². The van der Waals surface area contributed by atoms with E-state index in [1.807, 2.05) is 38.1 Å². The lowest BCUT2D eigenvalue weighted by atomic mass is 9.94. The fraction of sp³-hybridized carbons (Fsp3) is 0.357. The summed E-state index contributed by atoms with van der Waals surface area (Å²) >= 11 is 0. The van der Waals surface area contributed by atoms with Crippen molar-refractivity contribution in [2.24, 2.45) is 11.7 Å². The molecule has 0 aliphatic heterocycles. The Kier molecular flexibility index (Phi) is 6.24. The van der Waals surface area contributed by atoms with Gasteiger partial charge in [0.05, 0.1) is 16.6 Å². The third-order valence-electron chi connectivity index (χ3n) is 6.98. The van der Waals surface area contributed by atoms with Crippen molar-refractivity contribution in [3.05, 3.63) is 60.3 Å². The molecule has 1 atom stereocenters. The predicted octanol–water partition coefficient (Wildman–Crippen LogP) is 5.00. The number of pyridine rings is 1. The summed E-state index contributed by atoms with van der Waals surface area (Å²) in [5.41, 5.74) is 9.62. The number of nitrogens with two attached hydrogens (primary N) is 1. The van der Waals surface area contributed by atoms with Crippen molar-refractivity contribution in [1.82, 2.24) is 19.9 Å². The van der Waals surface area contributed by atoms with Crippen LogP contribution in [0.15, 0.2) is 54.6 Å². The zero-order valence-electron chi connectivity index (χ0n) is 20.2. The van der Waals surface area contributed by atoms with Gasteiger partial charge in [-0.3, -0.25) is 9.59 Å². The third kappa shape index (κ3) is 4.50. The van der Waals surface area contributed by atoms with Gasteiger partial charge in [-0.2, -0.15) is 0 Å². The molecule has 180 valence electrons. The molecular weight excluding hydrogens is 438 g/mol. The molecule has 35 heavy (non-hydrogen) atoms. The summed E-state index contributed by atoms with van der Waals surface area (Å²) < 4.78 is 2.42. The highest BCUT2D eigenvalue weighted by atomic mass is 16.2. The molecule has 1 saturated carbocycles. The van der Waals surface area contributed by atoms with Gasteiger partial charge in [-0.05, 0) is 55.2 Å². The molecule has 3 N–H and O–H groups in total. The quantitative estimate of drug-likeness (QED) is 0.415. The maximum Gasteiger partial charge on any atom is 0.270 e. The molecule has 2 heterocycles. The minimum atomic E-state index is -0.741. The molecule has 2 aromatic carbocycles. The van der Waals surface area contributed by atoms with Gasteiger partial charge in [-0.15, -0.1) is 0 Å². The first kappa shape index (κ1) is 23.0. The summed E-state index contributed by atoms with van der Waals surface area (Å²) in [6.07, 6.45) is 6.13. The number of aromatic nitrogens is 3. The minimum Gasteiger partial charge on any atom is -0.368 e. The summed E-state index contributed by atoms with van der Waals surface area (Å²) in [6, 6.07) is 17.7. The minimum absolute atomic E-state index is 0.108. The third-order valence-corrected chi connectivity index (χ3v) is 6.98. The first-order valence-electron chi connectivity index (χ1n) is 12.4. The summed E-state index contributed by atoms with van der Waals surface area (Å²) in [5, 5.41) is 3.63. The maximum atomic E-state index is 12.7. The number of carbonyl (C=O) groups excluding carboxylic acids is 2. The molecule has 1 unspecified atom stereocenters. The van der Waals surface area contributed by atoms with Crippen LogP contribution < -0.4 is 11.1 Å². The zero-order valence-corrected chi connectivity index (χ0v) is 20.2. The second kappa shape index (κ2) is 9.49. The van der Waals surface area contributed by atoms with E-state index in [2.05, 4.69) is 39.1 Å². The van der Waals surface area contributed by atoms with E-state index in [0.717, 1.165) is 22.3 Å². The molecule has 0 spiro atoms. The van der Waals surface area contributed by atoms with Crippen LogP contribution in [0.4, 0.5) is 0 Å². The topological polar surface area (TPSA) is 103 Å². The molecule has 0 radical (unpaired) electrons. The van der Waals surface area contributed by atoms with Crippen LogP contribution >= 0.6 is 0 Å². The van der Waals surface area contributed by atoms with Gasteiger partial charge >= 0.3 is 0 Å². The van der Waals surface area contributed by atoms with Crippen molar-refractivity contribution < 1.29 is 9.59 Å². The summed E-state index contributed by atoms with van der Waals surface area (Å²) in [5.74, 6) is -0.0989. The highest BCUT2D eigenvalue weighted by molar-refractivity contribution is 5.98. The van der Waals surface area contributed by atoms with Gasteiger partial charge in [0.1, 0.15) is 17.6 Å². The number of rotatable bonds is 6. The van der Waals surface area contributed by atoms with Crippen LogP contribution in [0, 0.1) is 5.92 Å². The Bertz CT molecular complexity index is 1400. The molecule has 1 aliphatic rings. The van der Waals surface area contributed by atoms with E-state index in [4.69, 9.17) is 10.7 Å². The van der Waals surface area contributed by atoms with Crippen molar-refractivity contribution in [2.45, 2.75) is 58.0 Å². The molecule has 4 aromatic rings. The fourth-order valence-corrected chi connectivity index (χ4v) is 5.13. The Morgan fingerprint density at radius 3 is 2.49 bits per heavy atom. The highest BCUT2D eigenvalue weighted by Crippen LogP contribution is 2.36. The summed E-state index contributed by atoms with van der Waals surface area (Å²) in [4.78, 5) is 34.0. The smallest absolute Gasteiger partial charge is 0.270 e. The molecule has 2 aromatic heterocycles. The molecule has 7 heteroatoms. The lowest BCUT2D eigenvalue weighted by Crippen LogP contribution is -2.47. The van der Waals surface area contributed by atoms with Crippen LogP contribution in [0.25, 0.3) is 33.3 Å². The number of para-hydroxylation sites is 2. The van der Waals surface area contributed by atoms with Crippen LogP contribution in [0.2, 0.25) is 0 Å². The molecule has 0 saturated heterocycles. The van der Waals surface area contributed by atoms with Gasteiger partial charge in [0, 0.05) is 17.0 Å². The van der Waals surface area contributed by atoms with Crippen molar-refractivity contribution >= 4 is 33.8 Å². The lowest BCUT2D eigenvalue weighted by Gasteiger charge is -2.25. The van der Waals surface area contributed by atoms with Gasteiger partial charge in [0.25, 0.3) is 5.91 Å². The SMILES string of the molecule is CC(C)C(NC(=O)c1ccc2cc(-c3nc4ccccc4n3C3CCCCC3)ccc2n1)C(N)=O. The van der Waals surface area contributed by atoms with E-state index >= 15 is 0 Å². The first-order chi connectivity index (χ1) is 16.9. The van der Waals surface area contributed by atoms with Crippen LogP contribution in [0.1, 0.15) is 62.5 Å². The Balaban J connectivity index is 1.50. The Morgan fingerprint density at radius 2 is 1.74 bits per heavy atom. The number of fused-ring (bicyclic) bond motifs is 2. The second-order valence-electron chi connectivity index (χ2n) is 9.79. The normalized spacial score (nSPS) is 15.5. The molecule has 1 aliphatic carbocycles. The van der Waals surface area contributed by atoms with Crippen LogP contribution in [-0.2, 0) is 4.79 Å². The standard InChI is InChI=1S/C28H31N5O2/c1-17(2)25(26(29)34)32-28(35)23-15-12-18-16-19(13-14-21(18)30-23)27-31-22-10-6-7-11-24(22)33(27)20-8-4-3-5-9-20/h6-7,10-17,20,25H,3-5,8-9H2,1-2H3,(H2,29,34)(H,32,35). The average Bonchev–Trinajstić information content (AvgIpc) is 3.26. The van der Waals surface area contributed by atoms with Crippen LogP contribution in [-0.4, -0.2) is 32.4 Å². The summed E-state index contributed by atoms with van der Waals surface area (Å²) in [7, 11) is 0. The number of hydrogen-bond acceptors (Lipinski definition) is 4. The Morgan fingerprint density at radius 1 is 0.971 bits per heavy atom. The van der Waals surface area contributed by atoms with E-state index < -0.39 is 17.9 Å². The largest absolute Gasteiger partial charge is 0.368 e. The number of hydrogen-bond donors (Lipinski definition) is 2. The van der Waals surface area contributed by atoms with E-state index in [9.17, 15) is 9.59 Å². The van der Waals surface area contributed by atoms with Crippen molar-refractivity contribution in [3.8, 4) is 11.4 Å². The van der Waals surface area contributed by atoms with Gasteiger partial charge in [-0.1, -0.05) is 51.3 Å². The highest BCUT2D eigenvalue weighted by Gasteiger charge is 2.24. The van der Waals surface area contributed by atoms with E-state index in [1.165, 1.54) is 37.6 Å². The van der Waals surface area contributed by atoms with Crippen molar-refractivity contribution in [1.29, 1.82) is 0 Å². The van der Waals surface area contributed by atoms with Crippen LogP contribution in [0.5, 0.6) is 0 Å². The fourth-order valence-electron chi connectivity index (χ4n) is 5.13. The van der Waals surface area contributed by atoms with Crippen molar-refractivity contribution in [3.63, 3.8) is 0 Å². The maximum absolute atomic E-state index is 12.7. The molecule has 0 bridgehead atoms.